The van der Waals surface area contributed by atoms with E-state index in [2.05, 4.69) is 24.3 Å². The zero-order valence-electron chi connectivity index (χ0n) is 28.7. The minimum Gasteiger partial charge on any atom is -0.207 e. The lowest BCUT2D eigenvalue weighted by Crippen LogP contribution is -2.15. The maximum atomic E-state index is 14.3. The Bertz CT molecular complexity index is 2940. The number of hydrogen-bond acceptors (Lipinski definition) is 8. The Balaban J connectivity index is 1.62. The first-order chi connectivity index (χ1) is 27.2. The van der Waals surface area contributed by atoms with E-state index < -0.39 is 23.5 Å². The third-order valence-corrected chi connectivity index (χ3v) is 9.81. The van der Waals surface area contributed by atoms with Crippen molar-refractivity contribution in [2.24, 2.45) is 11.8 Å². The Morgan fingerprint density at radius 2 is 0.911 bits per heavy atom. The van der Waals surface area contributed by atoms with Gasteiger partial charge in [0.25, 0.3) is 0 Å². The predicted octanol–water partition coefficient (Wildman–Crippen LogP) is 8.79. The monoisotopic (exact) mass is 720 g/mol. The van der Waals surface area contributed by atoms with Crippen LogP contribution in [0.1, 0.15) is 44.5 Å². The van der Waals surface area contributed by atoms with Crippen molar-refractivity contribution in [1.82, 2.24) is 0 Å². The van der Waals surface area contributed by atoms with E-state index in [0.29, 0.717) is 33.4 Å². The molecule has 56 heavy (non-hydrogen) atoms. The lowest BCUT2D eigenvalue weighted by molar-refractivity contribution is 0.627. The fourth-order valence-corrected chi connectivity index (χ4v) is 7.56. The van der Waals surface area contributed by atoms with Crippen molar-refractivity contribution >= 4 is 22.3 Å². The van der Waals surface area contributed by atoms with Gasteiger partial charge in [-0.05, 0) is 99.6 Å². The molecule has 3 aliphatic rings. The summed E-state index contributed by atoms with van der Waals surface area (Å²) in [7, 11) is 0. The highest BCUT2D eigenvalue weighted by Gasteiger charge is 2.45. The summed E-state index contributed by atoms with van der Waals surface area (Å²) < 4.78 is 28.6. The number of rotatable bonds is 4. The highest BCUT2D eigenvalue weighted by atomic mass is 19.1. The minimum atomic E-state index is -0.822. The van der Waals surface area contributed by atoms with Crippen LogP contribution in [0.5, 0.6) is 0 Å². The number of allylic oxidation sites excluding steroid dienone is 12. The zero-order chi connectivity index (χ0) is 39.7. The zero-order valence-corrected chi connectivity index (χ0v) is 28.7. The predicted molar refractivity (Wildman–Crippen MR) is 198 cm³/mol. The number of nitriles is 8. The molecule has 3 aliphatic carbocycles. The van der Waals surface area contributed by atoms with Gasteiger partial charge in [0.05, 0.1) is 69.3 Å². The Kier molecular flexibility index (Phi) is 9.04. The van der Waals surface area contributed by atoms with Crippen LogP contribution in [0, 0.1) is 114 Å². The quantitative estimate of drug-likeness (QED) is 0.187. The molecule has 0 aliphatic heterocycles. The van der Waals surface area contributed by atoms with Crippen LogP contribution >= 0.6 is 0 Å². The highest BCUT2D eigenvalue weighted by molar-refractivity contribution is 6.08. The summed E-state index contributed by atoms with van der Waals surface area (Å²) in [6.45, 7) is 0. The van der Waals surface area contributed by atoms with Gasteiger partial charge in [0.1, 0.15) is 29.8 Å². The molecular formula is C46H18F2N8. The maximum Gasteiger partial charge on any atom is 0.123 e. The summed E-state index contributed by atoms with van der Waals surface area (Å²) in [5.74, 6) is -2.69. The molecule has 8 nitrogen and oxygen atoms in total. The average Bonchev–Trinajstić information content (AvgIpc) is 3.72. The molecule has 0 N–H and O–H groups in total. The van der Waals surface area contributed by atoms with Crippen molar-refractivity contribution in [1.29, 1.82) is 42.1 Å². The van der Waals surface area contributed by atoms with Crippen LogP contribution in [0.4, 0.5) is 8.78 Å². The summed E-state index contributed by atoms with van der Waals surface area (Å²) in [5.41, 5.74) is 3.89. The van der Waals surface area contributed by atoms with Crippen LogP contribution in [0.2, 0.25) is 0 Å². The van der Waals surface area contributed by atoms with Crippen molar-refractivity contribution in [2.45, 2.75) is 0 Å². The summed E-state index contributed by atoms with van der Waals surface area (Å²) in [6, 6.07) is 36.3. The SMILES string of the molecule is N#CC1=C(c2ccc(F)cc2)/C(=C(/C#N)c2cc(C#N)cc(C#N)c2)C2=CC3/C(=C(\C#N)c4cc(C#N)cc(C#N)c4)C(c4ccc(F)cc4)=C(C#N)C3C=C21. The van der Waals surface area contributed by atoms with E-state index in [1.54, 1.807) is 12.2 Å². The van der Waals surface area contributed by atoms with Gasteiger partial charge in [-0.25, -0.2) is 8.78 Å². The molecular weight excluding hydrogens is 703 g/mol. The molecule has 256 valence electrons. The molecule has 0 saturated heterocycles. The second-order valence-corrected chi connectivity index (χ2v) is 12.8. The highest BCUT2D eigenvalue weighted by Crippen LogP contribution is 2.58. The number of halogens is 2. The molecule has 4 aromatic carbocycles. The van der Waals surface area contributed by atoms with E-state index in [1.165, 1.54) is 84.9 Å². The third-order valence-electron chi connectivity index (χ3n) is 9.81. The topological polar surface area (TPSA) is 190 Å². The van der Waals surface area contributed by atoms with Gasteiger partial charge in [-0.15, -0.1) is 0 Å². The Hall–Kier alpha value is -8.90. The van der Waals surface area contributed by atoms with Gasteiger partial charge >= 0.3 is 0 Å². The molecule has 0 amide bonds. The molecule has 2 atom stereocenters. The molecule has 7 rings (SSSR count). The van der Waals surface area contributed by atoms with Crippen molar-refractivity contribution in [3.8, 4) is 48.6 Å². The third kappa shape index (κ3) is 5.79. The van der Waals surface area contributed by atoms with Gasteiger partial charge in [-0.3, -0.25) is 0 Å². The van der Waals surface area contributed by atoms with Crippen LogP contribution in [0.3, 0.4) is 0 Å². The molecule has 0 heterocycles. The molecule has 0 aromatic heterocycles. The van der Waals surface area contributed by atoms with E-state index in [1.807, 2.05) is 24.3 Å². The summed E-state index contributed by atoms with van der Waals surface area (Å²) in [6.07, 6.45) is 3.47. The van der Waals surface area contributed by atoms with Crippen LogP contribution in [-0.2, 0) is 0 Å². The number of hydrogen-bond donors (Lipinski definition) is 0. The van der Waals surface area contributed by atoms with Crippen molar-refractivity contribution in [3.63, 3.8) is 0 Å². The standard InChI is InChI=1S/C46H18F2N8/c47-33-5-1-29(2-6-33)43-41(23-55)35-15-36-38(16-37(35)45(43)39(21-53)31-11-25(17-49)9-26(12-31)18-50)46(44(42(36)24-56)30-3-7-34(48)8-4-30)40(22-54)32-13-27(19-51)10-28(14-32)20-52/h1-16,35,37H/b45-39-,46-40-. The van der Waals surface area contributed by atoms with Crippen molar-refractivity contribution in [2.75, 3.05) is 0 Å². The molecule has 10 heteroatoms. The minimum absolute atomic E-state index is 0.00424. The molecule has 0 spiro atoms. The first kappa shape index (κ1) is 35.5. The van der Waals surface area contributed by atoms with Crippen LogP contribution in [-0.4, -0.2) is 0 Å². The summed E-state index contributed by atoms with van der Waals surface area (Å²) in [4.78, 5) is 0. The van der Waals surface area contributed by atoms with E-state index in [4.69, 9.17) is 0 Å². The van der Waals surface area contributed by atoms with E-state index in [-0.39, 0.29) is 66.8 Å². The van der Waals surface area contributed by atoms with E-state index in [9.17, 15) is 50.9 Å². The Labute approximate surface area is 319 Å². The molecule has 4 aromatic rings. The van der Waals surface area contributed by atoms with Crippen molar-refractivity contribution < 1.29 is 8.78 Å². The van der Waals surface area contributed by atoms with Gasteiger partial charge in [-0.1, -0.05) is 36.4 Å². The number of nitrogens with zero attached hydrogens (tertiary/aromatic N) is 8. The molecule has 0 fully saturated rings. The van der Waals surface area contributed by atoms with Gasteiger partial charge in [0.15, 0.2) is 0 Å². The largest absolute Gasteiger partial charge is 0.207 e. The van der Waals surface area contributed by atoms with Gasteiger partial charge in [0.2, 0.25) is 0 Å². The first-order valence-corrected chi connectivity index (χ1v) is 16.7. The summed E-state index contributed by atoms with van der Waals surface area (Å²) >= 11 is 0. The lowest BCUT2D eigenvalue weighted by Gasteiger charge is -2.25. The first-order valence-electron chi connectivity index (χ1n) is 16.7. The van der Waals surface area contributed by atoms with Crippen LogP contribution in [0.25, 0.3) is 22.3 Å². The molecule has 0 saturated carbocycles. The van der Waals surface area contributed by atoms with E-state index >= 15 is 0 Å². The second kappa shape index (κ2) is 14.3. The van der Waals surface area contributed by atoms with Gasteiger partial charge in [-0.2, -0.15) is 42.1 Å². The average molecular weight is 721 g/mol. The second-order valence-electron chi connectivity index (χ2n) is 12.8. The van der Waals surface area contributed by atoms with Crippen LogP contribution < -0.4 is 0 Å². The number of benzene rings is 4. The van der Waals surface area contributed by atoms with Crippen molar-refractivity contribution in [3.05, 3.63) is 187 Å². The Morgan fingerprint density at radius 3 is 1.34 bits per heavy atom. The van der Waals surface area contributed by atoms with E-state index in [0.717, 1.165) is 0 Å². The molecule has 2 unspecified atom stereocenters. The number of fused-ring (bicyclic) bond motifs is 2. The van der Waals surface area contributed by atoms with Gasteiger partial charge < -0.3 is 0 Å². The summed E-state index contributed by atoms with van der Waals surface area (Å²) in [5, 5.41) is 82.5. The van der Waals surface area contributed by atoms with Gasteiger partial charge in [0, 0.05) is 34.1 Å². The lowest BCUT2D eigenvalue weighted by atomic mass is 9.76. The Morgan fingerprint density at radius 1 is 0.464 bits per heavy atom. The maximum absolute atomic E-state index is 14.3. The fourth-order valence-electron chi connectivity index (χ4n) is 7.56. The smallest absolute Gasteiger partial charge is 0.123 e. The normalized spacial score (nSPS) is 18.2. The van der Waals surface area contributed by atoms with Crippen LogP contribution in [0.15, 0.2) is 131 Å². The molecule has 0 radical (unpaired) electrons. The fraction of sp³-hybridized carbons (Fsp3) is 0.0435. The molecule has 0 bridgehead atoms.